The first-order chi connectivity index (χ1) is 11.6. The molecule has 0 radical (unpaired) electrons. The Balaban J connectivity index is 1.59. The zero-order valence-corrected chi connectivity index (χ0v) is 14.2. The number of allylic oxidation sites excluding steroid dienone is 1. The highest BCUT2D eigenvalue weighted by Crippen LogP contribution is 2.36. The summed E-state index contributed by atoms with van der Waals surface area (Å²) in [6.45, 7) is 0. The van der Waals surface area contributed by atoms with Gasteiger partial charge in [0.15, 0.2) is 5.78 Å². The maximum absolute atomic E-state index is 12.7. The summed E-state index contributed by atoms with van der Waals surface area (Å²) in [7, 11) is 0. The largest absolute Gasteiger partial charge is 0.511 e. The number of hydrogen-bond acceptors (Lipinski definition) is 4. The Kier molecular flexibility index (Phi) is 4.09. The number of aliphatic hydroxyl groups excluding tert-OH is 1. The average molecular weight is 345 g/mol. The fourth-order valence-corrected chi connectivity index (χ4v) is 4.31. The standard InChI is InChI=1S/C19H21ClN2O2/c20-13-5-3-4-11(8-13)12-9-16(23)18(17(24)10-12)19-21-14-6-1-2-7-15(14)22-19/h3-5,8,12,14-15,23H,1-2,6-7,9-10H2,(H,21,22)/t12?,14-,15-/m0/s1. The van der Waals surface area contributed by atoms with Crippen molar-refractivity contribution in [2.45, 2.75) is 56.5 Å². The van der Waals surface area contributed by atoms with Gasteiger partial charge in [-0.3, -0.25) is 9.79 Å². The molecule has 2 aliphatic carbocycles. The van der Waals surface area contributed by atoms with E-state index >= 15 is 0 Å². The number of carbonyl (C=O) groups is 1. The Morgan fingerprint density at radius 1 is 1.21 bits per heavy atom. The molecule has 1 aliphatic heterocycles. The molecule has 1 heterocycles. The molecule has 4 rings (SSSR count). The van der Waals surface area contributed by atoms with E-state index in [1.165, 1.54) is 12.8 Å². The van der Waals surface area contributed by atoms with Gasteiger partial charge < -0.3 is 10.4 Å². The van der Waals surface area contributed by atoms with Crippen molar-refractivity contribution in [3.05, 3.63) is 46.2 Å². The molecule has 126 valence electrons. The van der Waals surface area contributed by atoms with Crippen molar-refractivity contribution < 1.29 is 9.90 Å². The molecule has 24 heavy (non-hydrogen) atoms. The molecule has 3 aliphatic rings. The Bertz CT molecular complexity index is 741. The number of halogens is 1. The normalized spacial score (nSPS) is 30.0. The van der Waals surface area contributed by atoms with Crippen LogP contribution in [0.4, 0.5) is 0 Å². The van der Waals surface area contributed by atoms with E-state index < -0.39 is 0 Å². The quantitative estimate of drug-likeness (QED) is 0.855. The number of amidine groups is 1. The molecule has 0 saturated heterocycles. The molecule has 4 nitrogen and oxygen atoms in total. The Morgan fingerprint density at radius 3 is 2.79 bits per heavy atom. The molecule has 0 amide bonds. The summed E-state index contributed by atoms with van der Waals surface area (Å²) in [6.07, 6.45) is 5.38. The summed E-state index contributed by atoms with van der Waals surface area (Å²) in [5.74, 6) is 0.706. The number of nitrogens with zero attached hydrogens (tertiary/aromatic N) is 1. The highest BCUT2D eigenvalue weighted by molar-refractivity contribution is 6.30. The van der Waals surface area contributed by atoms with Gasteiger partial charge in [-0.2, -0.15) is 0 Å². The molecule has 1 unspecified atom stereocenters. The number of benzene rings is 1. The van der Waals surface area contributed by atoms with E-state index in [1.54, 1.807) is 0 Å². The van der Waals surface area contributed by atoms with Crippen molar-refractivity contribution >= 4 is 23.2 Å². The lowest BCUT2D eigenvalue weighted by molar-refractivity contribution is -0.116. The molecule has 2 N–H and O–H groups in total. The van der Waals surface area contributed by atoms with E-state index in [9.17, 15) is 9.90 Å². The number of carbonyl (C=O) groups excluding carboxylic acids is 1. The van der Waals surface area contributed by atoms with Gasteiger partial charge in [-0.25, -0.2) is 0 Å². The molecule has 1 aromatic carbocycles. The zero-order chi connectivity index (χ0) is 16.7. The lowest BCUT2D eigenvalue weighted by Gasteiger charge is -2.25. The molecule has 1 aromatic rings. The van der Waals surface area contributed by atoms with Crippen molar-refractivity contribution in [3.8, 4) is 0 Å². The molecule has 0 spiro atoms. The van der Waals surface area contributed by atoms with Gasteiger partial charge in [0, 0.05) is 23.9 Å². The Hall–Kier alpha value is -1.81. The number of nitrogens with one attached hydrogen (secondary N) is 1. The first-order valence-electron chi connectivity index (χ1n) is 8.67. The topological polar surface area (TPSA) is 61.7 Å². The third kappa shape index (κ3) is 2.84. The molecule has 1 saturated carbocycles. The molecule has 0 aromatic heterocycles. The number of ketones is 1. The van der Waals surface area contributed by atoms with Crippen LogP contribution >= 0.6 is 11.6 Å². The van der Waals surface area contributed by atoms with Crippen molar-refractivity contribution in [3.63, 3.8) is 0 Å². The fraction of sp³-hybridized carbons (Fsp3) is 0.474. The van der Waals surface area contributed by atoms with Gasteiger partial charge in [0.05, 0.1) is 11.6 Å². The van der Waals surface area contributed by atoms with Crippen LogP contribution in [0, 0.1) is 0 Å². The van der Waals surface area contributed by atoms with Crippen LogP contribution in [-0.2, 0) is 4.79 Å². The number of aliphatic imine (C=N–C) groups is 1. The molecule has 1 fully saturated rings. The number of aliphatic hydroxyl groups is 1. The first kappa shape index (κ1) is 15.7. The van der Waals surface area contributed by atoms with E-state index in [1.807, 2.05) is 24.3 Å². The fourth-order valence-electron chi connectivity index (χ4n) is 4.11. The van der Waals surface area contributed by atoms with Crippen LogP contribution in [0.15, 0.2) is 40.6 Å². The van der Waals surface area contributed by atoms with Gasteiger partial charge in [-0.15, -0.1) is 0 Å². The van der Waals surface area contributed by atoms with E-state index in [-0.39, 0.29) is 23.5 Å². The SMILES string of the molecule is O=C1CC(c2cccc(Cl)c2)CC(O)=C1C1=N[C@H]2CCCC[C@@H]2N1. The number of hydrogen-bond donors (Lipinski definition) is 2. The number of Topliss-reactive ketones (excluding diaryl/α,β-unsaturated/α-hetero) is 1. The summed E-state index contributed by atoms with van der Waals surface area (Å²) < 4.78 is 0. The highest BCUT2D eigenvalue weighted by atomic mass is 35.5. The second-order valence-electron chi connectivity index (χ2n) is 6.99. The van der Waals surface area contributed by atoms with E-state index in [4.69, 9.17) is 16.6 Å². The maximum atomic E-state index is 12.7. The summed E-state index contributed by atoms with van der Waals surface area (Å²) >= 11 is 6.05. The van der Waals surface area contributed by atoms with Gasteiger partial charge in [0.1, 0.15) is 11.6 Å². The summed E-state index contributed by atoms with van der Waals surface area (Å²) in [6, 6.07) is 8.11. The Labute approximate surface area is 146 Å². The van der Waals surface area contributed by atoms with Crippen LogP contribution in [0.1, 0.15) is 50.0 Å². The second-order valence-corrected chi connectivity index (χ2v) is 7.42. The molecule has 0 bridgehead atoms. The monoisotopic (exact) mass is 344 g/mol. The van der Waals surface area contributed by atoms with E-state index in [0.717, 1.165) is 18.4 Å². The van der Waals surface area contributed by atoms with Crippen molar-refractivity contribution in [1.82, 2.24) is 5.32 Å². The average Bonchev–Trinajstić information content (AvgIpc) is 2.97. The summed E-state index contributed by atoms with van der Waals surface area (Å²) in [4.78, 5) is 17.4. The van der Waals surface area contributed by atoms with Crippen LogP contribution in [0.2, 0.25) is 5.02 Å². The summed E-state index contributed by atoms with van der Waals surface area (Å²) in [5.41, 5.74) is 1.40. The zero-order valence-electron chi connectivity index (χ0n) is 13.5. The highest BCUT2D eigenvalue weighted by Gasteiger charge is 2.37. The first-order valence-corrected chi connectivity index (χ1v) is 9.05. The molecule has 3 atom stereocenters. The minimum absolute atomic E-state index is 0.0239. The van der Waals surface area contributed by atoms with E-state index in [2.05, 4.69) is 5.32 Å². The lowest BCUT2D eigenvalue weighted by atomic mass is 9.82. The molecular weight excluding hydrogens is 324 g/mol. The van der Waals surface area contributed by atoms with Crippen LogP contribution in [0.3, 0.4) is 0 Å². The van der Waals surface area contributed by atoms with Crippen LogP contribution in [0.25, 0.3) is 0 Å². The Morgan fingerprint density at radius 2 is 2.04 bits per heavy atom. The van der Waals surface area contributed by atoms with Gasteiger partial charge >= 0.3 is 0 Å². The van der Waals surface area contributed by atoms with Crippen LogP contribution < -0.4 is 5.32 Å². The van der Waals surface area contributed by atoms with Gasteiger partial charge in [-0.1, -0.05) is 36.6 Å². The lowest BCUT2D eigenvalue weighted by Crippen LogP contribution is -2.39. The van der Waals surface area contributed by atoms with Gasteiger partial charge in [0.25, 0.3) is 0 Å². The van der Waals surface area contributed by atoms with Crippen molar-refractivity contribution in [2.24, 2.45) is 4.99 Å². The van der Waals surface area contributed by atoms with Crippen molar-refractivity contribution in [2.75, 3.05) is 0 Å². The predicted molar refractivity (Wildman–Crippen MR) is 94.7 cm³/mol. The molecular formula is C19H21ClN2O2. The van der Waals surface area contributed by atoms with Crippen molar-refractivity contribution in [1.29, 1.82) is 0 Å². The number of rotatable bonds is 2. The predicted octanol–water partition coefficient (Wildman–Crippen LogP) is 3.91. The minimum Gasteiger partial charge on any atom is -0.511 e. The van der Waals surface area contributed by atoms with Gasteiger partial charge in [0.2, 0.25) is 0 Å². The molecule has 5 heteroatoms. The minimum atomic E-state index is -0.0337. The number of fused-ring (bicyclic) bond motifs is 1. The second kappa shape index (κ2) is 6.25. The third-order valence-corrected chi connectivity index (χ3v) is 5.58. The maximum Gasteiger partial charge on any atom is 0.170 e. The smallest absolute Gasteiger partial charge is 0.170 e. The van der Waals surface area contributed by atoms with Crippen LogP contribution in [0.5, 0.6) is 0 Å². The van der Waals surface area contributed by atoms with Crippen LogP contribution in [-0.4, -0.2) is 28.8 Å². The van der Waals surface area contributed by atoms with Gasteiger partial charge in [-0.05, 0) is 36.5 Å². The third-order valence-electron chi connectivity index (χ3n) is 5.34. The van der Waals surface area contributed by atoms with E-state index in [0.29, 0.717) is 35.3 Å². The summed E-state index contributed by atoms with van der Waals surface area (Å²) in [5, 5.41) is 14.6.